The normalized spacial score (nSPS) is 15.2. The van der Waals surface area contributed by atoms with Gasteiger partial charge in [-0.05, 0) is 4.92 Å². The van der Waals surface area contributed by atoms with E-state index >= 15 is 0 Å². The summed E-state index contributed by atoms with van der Waals surface area (Å²) in [5.74, 6) is -0.165. The standard InChI is InChI=1S/C7H10N4O3.ClH/c12-11(13)6-5-10-3-1-8-2-4-14-7(10)9-6;/h5,8H,1-4H2;1H. The van der Waals surface area contributed by atoms with Crippen molar-refractivity contribution in [1.82, 2.24) is 14.9 Å². The number of hydrogen-bond acceptors (Lipinski definition) is 5. The minimum absolute atomic E-state index is 0. The number of aromatic nitrogens is 2. The van der Waals surface area contributed by atoms with Crippen molar-refractivity contribution >= 4 is 18.2 Å². The number of nitrogens with zero attached hydrogens (tertiary/aromatic N) is 3. The predicted octanol–water partition coefficient (Wildman–Crippen LogP) is 0.195. The van der Waals surface area contributed by atoms with E-state index in [9.17, 15) is 10.1 Å². The van der Waals surface area contributed by atoms with Crippen molar-refractivity contribution in [1.29, 1.82) is 0 Å². The number of imidazole rings is 1. The summed E-state index contributed by atoms with van der Waals surface area (Å²) in [6.45, 7) is 2.62. The van der Waals surface area contributed by atoms with E-state index in [1.807, 2.05) is 0 Å². The maximum Gasteiger partial charge on any atom is 0.414 e. The van der Waals surface area contributed by atoms with Crippen LogP contribution in [0.5, 0.6) is 6.01 Å². The molecule has 0 bridgehead atoms. The van der Waals surface area contributed by atoms with Gasteiger partial charge in [-0.15, -0.1) is 12.4 Å². The van der Waals surface area contributed by atoms with Gasteiger partial charge in [-0.25, -0.2) is 0 Å². The van der Waals surface area contributed by atoms with E-state index in [0.29, 0.717) is 19.2 Å². The SMILES string of the molecule is Cl.O=[N+]([O-])c1cn2c(n1)OCCNCC2. The molecular weight excluding hydrogens is 224 g/mol. The fourth-order valence-corrected chi connectivity index (χ4v) is 1.29. The molecular formula is C7H11ClN4O3. The van der Waals surface area contributed by atoms with Crippen LogP contribution >= 0.6 is 12.4 Å². The summed E-state index contributed by atoms with van der Waals surface area (Å²) in [6.07, 6.45) is 1.39. The molecule has 0 spiro atoms. The lowest BCUT2D eigenvalue weighted by molar-refractivity contribution is -0.389. The van der Waals surface area contributed by atoms with Crippen LogP contribution in [0.25, 0.3) is 0 Å². The zero-order chi connectivity index (χ0) is 9.97. The Labute approximate surface area is 92.0 Å². The molecule has 2 heterocycles. The van der Waals surface area contributed by atoms with Crippen LogP contribution in [0.15, 0.2) is 6.20 Å². The first-order chi connectivity index (χ1) is 6.77. The minimum atomic E-state index is -0.519. The zero-order valence-electron chi connectivity index (χ0n) is 7.88. The number of ether oxygens (including phenoxy) is 1. The monoisotopic (exact) mass is 234 g/mol. The van der Waals surface area contributed by atoms with Gasteiger partial charge in [0.05, 0.1) is 0 Å². The van der Waals surface area contributed by atoms with Gasteiger partial charge in [-0.3, -0.25) is 4.57 Å². The third-order valence-electron chi connectivity index (χ3n) is 1.95. The highest BCUT2D eigenvalue weighted by molar-refractivity contribution is 5.85. The van der Waals surface area contributed by atoms with E-state index in [1.165, 1.54) is 6.20 Å². The van der Waals surface area contributed by atoms with E-state index in [2.05, 4.69) is 10.3 Å². The Balaban J connectivity index is 0.00000112. The molecule has 8 heteroatoms. The Morgan fingerprint density at radius 1 is 1.60 bits per heavy atom. The van der Waals surface area contributed by atoms with Crippen LogP contribution in [0.1, 0.15) is 0 Å². The second-order valence-electron chi connectivity index (χ2n) is 2.93. The van der Waals surface area contributed by atoms with Gasteiger partial charge in [-0.1, -0.05) is 0 Å². The van der Waals surface area contributed by atoms with Gasteiger partial charge in [0, 0.05) is 24.6 Å². The van der Waals surface area contributed by atoms with Gasteiger partial charge in [0.2, 0.25) is 0 Å². The molecule has 0 unspecified atom stereocenters. The number of rotatable bonds is 1. The second-order valence-corrected chi connectivity index (χ2v) is 2.93. The van der Waals surface area contributed by atoms with Crippen LogP contribution in [0.3, 0.4) is 0 Å². The van der Waals surface area contributed by atoms with Crippen molar-refractivity contribution in [3.8, 4) is 6.01 Å². The van der Waals surface area contributed by atoms with Crippen molar-refractivity contribution in [3.63, 3.8) is 0 Å². The first-order valence-electron chi connectivity index (χ1n) is 4.32. The lowest BCUT2D eigenvalue weighted by Crippen LogP contribution is -2.28. The van der Waals surface area contributed by atoms with Crippen LogP contribution in [0.2, 0.25) is 0 Å². The van der Waals surface area contributed by atoms with Crippen LogP contribution in [-0.4, -0.2) is 34.2 Å². The average molecular weight is 235 g/mol. The quantitative estimate of drug-likeness (QED) is 0.554. The Hall–Kier alpha value is -1.34. The second kappa shape index (κ2) is 4.94. The first-order valence-corrected chi connectivity index (χ1v) is 4.32. The molecule has 2 rings (SSSR count). The molecule has 1 N–H and O–H groups in total. The fraction of sp³-hybridized carbons (Fsp3) is 0.571. The number of hydrogen-bond donors (Lipinski definition) is 1. The predicted molar refractivity (Wildman–Crippen MR) is 54.5 cm³/mol. The third-order valence-corrected chi connectivity index (χ3v) is 1.95. The summed E-state index contributed by atoms with van der Waals surface area (Å²) < 4.78 is 6.89. The summed E-state index contributed by atoms with van der Waals surface area (Å²) in [7, 11) is 0. The van der Waals surface area contributed by atoms with Crippen LogP contribution in [0, 0.1) is 10.1 Å². The van der Waals surface area contributed by atoms with E-state index in [-0.39, 0.29) is 18.2 Å². The number of nitro groups is 1. The molecule has 1 aromatic rings. The summed E-state index contributed by atoms with van der Waals surface area (Å²) in [5, 5.41) is 13.6. The van der Waals surface area contributed by atoms with Gasteiger partial charge in [0.1, 0.15) is 12.8 Å². The number of halogens is 1. The van der Waals surface area contributed by atoms with Gasteiger partial charge in [0.15, 0.2) is 0 Å². The molecule has 84 valence electrons. The molecule has 0 atom stereocenters. The molecule has 1 aromatic heterocycles. The molecule has 15 heavy (non-hydrogen) atoms. The van der Waals surface area contributed by atoms with Crippen LogP contribution < -0.4 is 10.1 Å². The molecule has 0 fully saturated rings. The molecule has 1 aliphatic rings. The van der Waals surface area contributed by atoms with Gasteiger partial charge in [0.25, 0.3) is 0 Å². The molecule has 7 nitrogen and oxygen atoms in total. The van der Waals surface area contributed by atoms with Crippen molar-refractivity contribution in [2.45, 2.75) is 6.54 Å². The van der Waals surface area contributed by atoms with Gasteiger partial charge in [-0.2, -0.15) is 0 Å². The molecule has 0 saturated heterocycles. The summed E-state index contributed by atoms with van der Waals surface area (Å²) >= 11 is 0. The van der Waals surface area contributed by atoms with E-state index in [1.54, 1.807) is 4.57 Å². The van der Waals surface area contributed by atoms with Crippen molar-refractivity contribution in [3.05, 3.63) is 16.3 Å². The van der Waals surface area contributed by atoms with Crippen molar-refractivity contribution < 1.29 is 9.66 Å². The lowest BCUT2D eigenvalue weighted by atomic mass is 10.5. The minimum Gasteiger partial charge on any atom is -0.444 e. The highest BCUT2D eigenvalue weighted by Gasteiger charge is 2.20. The van der Waals surface area contributed by atoms with Crippen molar-refractivity contribution in [2.75, 3.05) is 19.7 Å². The molecule has 0 amide bonds. The van der Waals surface area contributed by atoms with Gasteiger partial charge >= 0.3 is 11.8 Å². The molecule has 0 radical (unpaired) electrons. The van der Waals surface area contributed by atoms with Crippen molar-refractivity contribution in [2.24, 2.45) is 0 Å². The van der Waals surface area contributed by atoms with E-state index < -0.39 is 4.92 Å². The van der Waals surface area contributed by atoms with E-state index in [0.717, 1.165) is 13.1 Å². The lowest BCUT2D eigenvalue weighted by Gasteiger charge is -2.10. The highest BCUT2D eigenvalue weighted by Crippen LogP contribution is 2.17. The Morgan fingerprint density at radius 3 is 3.13 bits per heavy atom. The summed E-state index contributed by atoms with van der Waals surface area (Å²) in [6, 6.07) is 0.332. The molecule has 0 aromatic carbocycles. The average Bonchev–Trinajstić information content (AvgIpc) is 2.48. The third kappa shape index (κ3) is 2.57. The first kappa shape index (κ1) is 11.7. The maximum atomic E-state index is 10.4. The largest absolute Gasteiger partial charge is 0.444 e. The Morgan fingerprint density at radius 2 is 2.40 bits per heavy atom. The molecule has 1 aliphatic heterocycles. The van der Waals surface area contributed by atoms with Crippen LogP contribution in [0.4, 0.5) is 5.82 Å². The summed E-state index contributed by atoms with van der Waals surface area (Å²) in [5.41, 5.74) is 0. The summed E-state index contributed by atoms with van der Waals surface area (Å²) in [4.78, 5) is 13.7. The topological polar surface area (TPSA) is 82.2 Å². The molecule has 0 aliphatic carbocycles. The van der Waals surface area contributed by atoms with Gasteiger partial charge < -0.3 is 20.2 Å². The number of fused-ring (bicyclic) bond motifs is 1. The fourth-order valence-electron chi connectivity index (χ4n) is 1.29. The molecule has 0 saturated carbocycles. The van der Waals surface area contributed by atoms with Crippen LogP contribution in [-0.2, 0) is 6.54 Å². The zero-order valence-corrected chi connectivity index (χ0v) is 8.70. The highest BCUT2D eigenvalue weighted by atomic mass is 35.5. The smallest absolute Gasteiger partial charge is 0.414 e. The number of nitrogens with one attached hydrogen (secondary N) is 1. The Kier molecular flexibility index (Phi) is 3.87. The van der Waals surface area contributed by atoms with E-state index in [4.69, 9.17) is 4.74 Å². The Bertz CT molecular complexity index is 329. The maximum absolute atomic E-state index is 10.4.